The summed E-state index contributed by atoms with van der Waals surface area (Å²) in [6.07, 6.45) is 0.183. The Kier molecular flexibility index (Phi) is 6.14. The molecule has 1 atom stereocenters. The lowest BCUT2D eigenvalue weighted by molar-refractivity contribution is -0.116. The molecule has 1 aromatic heterocycles. The molecule has 0 unspecified atom stereocenters. The number of carbonyl (C=O) groups excluding carboxylic acids is 2. The second-order valence-corrected chi connectivity index (χ2v) is 9.34. The number of hydrogen-bond acceptors (Lipinski definition) is 3. The molecule has 0 bridgehead atoms. The van der Waals surface area contributed by atoms with E-state index in [9.17, 15) is 9.59 Å². The summed E-state index contributed by atoms with van der Waals surface area (Å²) in [4.78, 5) is 32.0. The van der Waals surface area contributed by atoms with E-state index in [1.807, 2.05) is 102 Å². The first-order chi connectivity index (χ1) is 18.6. The van der Waals surface area contributed by atoms with E-state index in [2.05, 4.69) is 16.4 Å². The second-order valence-electron chi connectivity index (χ2n) is 9.34. The monoisotopic (exact) mass is 501 g/mol. The smallest absolute Gasteiger partial charge is 0.255 e. The van der Waals surface area contributed by atoms with Crippen LogP contribution in [0, 0.1) is 0 Å². The number of ether oxygens (including phenoxy) is 1. The third-order valence-electron chi connectivity index (χ3n) is 7.07. The van der Waals surface area contributed by atoms with E-state index in [4.69, 9.17) is 4.74 Å². The van der Waals surface area contributed by atoms with E-state index in [1.165, 1.54) is 0 Å². The number of nitrogens with zero attached hydrogens (tertiary/aromatic N) is 1. The fraction of sp³-hybridized carbons (Fsp3) is 0.125. The highest BCUT2D eigenvalue weighted by Gasteiger charge is 2.40. The lowest BCUT2D eigenvalue weighted by Gasteiger charge is -2.26. The maximum atomic E-state index is 13.7. The van der Waals surface area contributed by atoms with Crippen molar-refractivity contribution in [3.63, 3.8) is 0 Å². The van der Waals surface area contributed by atoms with Crippen LogP contribution in [0.5, 0.6) is 5.75 Å². The van der Waals surface area contributed by atoms with Gasteiger partial charge in [-0.2, -0.15) is 0 Å². The zero-order valence-electron chi connectivity index (χ0n) is 21.0. The summed E-state index contributed by atoms with van der Waals surface area (Å²) in [6.45, 7) is 0.286. The summed E-state index contributed by atoms with van der Waals surface area (Å²) in [5, 5.41) is 3.97. The van der Waals surface area contributed by atoms with Crippen LogP contribution in [-0.2, 0) is 4.79 Å². The van der Waals surface area contributed by atoms with Crippen LogP contribution in [0.15, 0.2) is 103 Å². The minimum Gasteiger partial charge on any atom is -0.497 e. The van der Waals surface area contributed by atoms with E-state index in [0.717, 1.165) is 44.7 Å². The number of benzene rings is 4. The van der Waals surface area contributed by atoms with Gasteiger partial charge in [0.2, 0.25) is 5.91 Å². The van der Waals surface area contributed by atoms with Crippen LogP contribution in [0.1, 0.15) is 33.9 Å². The Bertz CT molecular complexity index is 1640. The predicted octanol–water partition coefficient (Wildman–Crippen LogP) is 6.42. The first kappa shape index (κ1) is 23.6. The summed E-state index contributed by atoms with van der Waals surface area (Å²) < 4.78 is 5.50. The number of para-hydroxylation sites is 2. The van der Waals surface area contributed by atoms with Gasteiger partial charge in [-0.25, -0.2) is 0 Å². The number of H-pyrrole nitrogens is 1. The van der Waals surface area contributed by atoms with Crippen LogP contribution >= 0.6 is 0 Å². The summed E-state index contributed by atoms with van der Waals surface area (Å²) in [6, 6.07) is 32.8. The van der Waals surface area contributed by atoms with Crippen LogP contribution in [0.4, 0.5) is 5.69 Å². The van der Waals surface area contributed by atoms with Gasteiger partial charge in [0.25, 0.3) is 5.91 Å². The molecule has 0 spiro atoms. The number of rotatable bonds is 7. The van der Waals surface area contributed by atoms with Crippen LogP contribution in [0.2, 0.25) is 0 Å². The van der Waals surface area contributed by atoms with Gasteiger partial charge < -0.3 is 19.9 Å². The molecule has 1 aliphatic heterocycles. The maximum absolute atomic E-state index is 13.7. The third-order valence-corrected chi connectivity index (χ3v) is 7.07. The Labute approximate surface area is 220 Å². The predicted molar refractivity (Wildman–Crippen MR) is 149 cm³/mol. The lowest BCUT2D eigenvalue weighted by atomic mass is 9.93. The van der Waals surface area contributed by atoms with Gasteiger partial charge in [-0.1, -0.05) is 66.7 Å². The molecule has 2 heterocycles. The average Bonchev–Trinajstić information content (AvgIpc) is 3.47. The number of nitrogens with one attached hydrogen (secondary N) is 2. The third kappa shape index (κ3) is 4.20. The van der Waals surface area contributed by atoms with Crippen molar-refractivity contribution < 1.29 is 14.3 Å². The van der Waals surface area contributed by atoms with Gasteiger partial charge in [-0.05, 0) is 42.0 Å². The van der Waals surface area contributed by atoms with Crippen LogP contribution in [0.25, 0.3) is 22.2 Å². The van der Waals surface area contributed by atoms with Crippen molar-refractivity contribution in [2.75, 3.05) is 19.0 Å². The van der Waals surface area contributed by atoms with Gasteiger partial charge >= 0.3 is 0 Å². The van der Waals surface area contributed by atoms with Crippen molar-refractivity contribution >= 4 is 28.4 Å². The van der Waals surface area contributed by atoms with Gasteiger partial charge in [0, 0.05) is 46.2 Å². The number of anilines is 1. The highest BCUT2D eigenvalue weighted by molar-refractivity contribution is 6.02. The molecule has 0 radical (unpaired) electrons. The molecule has 6 heteroatoms. The highest BCUT2D eigenvalue weighted by Crippen LogP contribution is 2.45. The van der Waals surface area contributed by atoms with Gasteiger partial charge in [-0.3, -0.25) is 9.59 Å². The van der Waals surface area contributed by atoms with Gasteiger partial charge in [0.05, 0.1) is 18.8 Å². The number of fused-ring (bicyclic) bond motifs is 2. The topological polar surface area (TPSA) is 74.4 Å². The average molecular weight is 502 g/mol. The van der Waals surface area contributed by atoms with E-state index in [1.54, 1.807) is 7.11 Å². The molecule has 0 saturated heterocycles. The maximum Gasteiger partial charge on any atom is 0.255 e. The molecule has 0 aliphatic carbocycles. The molecule has 5 aromatic rings. The van der Waals surface area contributed by atoms with E-state index in [0.29, 0.717) is 5.56 Å². The fourth-order valence-electron chi connectivity index (χ4n) is 5.33. The van der Waals surface area contributed by atoms with Gasteiger partial charge in [0.1, 0.15) is 5.75 Å². The van der Waals surface area contributed by atoms with Gasteiger partial charge in [-0.15, -0.1) is 0 Å². The number of carbonyl (C=O) groups is 2. The molecule has 0 fully saturated rings. The normalized spacial score (nSPS) is 14.5. The van der Waals surface area contributed by atoms with Crippen LogP contribution in [-0.4, -0.2) is 35.4 Å². The highest BCUT2D eigenvalue weighted by atomic mass is 16.5. The molecular formula is C32H27N3O3. The minimum atomic E-state index is -0.347. The Morgan fingerprint density at radius 1 is 0.921 bits per heavy atom. The van der Waals surface area contributed by atoms with Crippen molar-refractivity contribution in [1.82, 2.24) is 9.88 Å². The molecule has 2 N–H and O–H groups in total. The van der Waals surface area contributed by atoms with Crippen molar-refractivity contribution in [2.24, 2.45) is 0 Å². The molecule has 1 aliphatic rings. The molecule has 38 heavy (non-hydrogen) atoms. The number of aromatic nitrogens is 1. The first-order valence-electron chi connectivity index (χ1n) is 12.6. The van der Waals surface area contributed by atoms with Crippen LogP contribution in [0.3, 0.4) is 0 Å². The first-order valence-corrected chi connectivity index (χ1v) is 12.6. The summed E-state index contributed by atoms with van der Waals surface area (Å²) in [5.74, 6) is 0.551. The fourth-order valence-corrected chi connectivity index (χ4v) is 5.33. The molecule has 0 saturated carbocycles. The van der Waals surface area contributed by atoms with Crippen molar-refractivity contribution in [3.05, 3.63) is 120 Å². The van der Waals surface area contributed by atoms with E-state index in [-0.39, 0.29) is 30.8 Å². The number of amides is 2. The Morgan fingerprint density at radius 3 is 2.53 bits per heavy atom. The zero-order chi connectivity index (χ0) is 26.1. The largest absolute Gasteiger partial charge is 0.497 e. The quantitative estimate of drug-likeness (QED) is 0.270. The number of methoxy groups -OCH3 is 1. The van der Waals surface area contributed by atoms with Crippen LogP contribution < -0.4 is 10.1 Å². The zero-order valence-corrected chi connectivity index (χ0v) is 21.0. The summed E-state index contributed by atoms with van der Waals surface area (Å²) >= 11 is 0. The van der Waals surface area contributed by atoms with Crippen molar-refractivity contribution in [3.8, 4) is 17.0 Å². The number of hydrogen-bond donors (Lipinski definition) is 2. The summed E-state index contributed by atoms with van der Waals surface area (Å²) in [5.41, 5.74) is 6.24. The van der Waals surface area contributed by atoms with Crippen molar-refractivity contribution in [2.45, 2.75) is 12.5 Å². The second kappa shape index (κ2) is 9.90. The molecule has 188 valence electrons. The minimum absolute atomic E-state index is 0.0695. The molecule has 6 nitrogen and oxygen atoms in total. The standard InChI is InChI=1S/C32H27N3O3/c1-38-23-13-9-10-21(20-23)30-29(26-16-7-8-17-27(26)34-30)31-24-14-5-6-15-25(24)32(37)35(31)19-18-28(36)33-22-11-3-2-4-12-22/h2-17,20,31,34H,18-19H2,1H3,(H,33,36)/t31-/m1/s1. The molecule has 6 rings (SSSR count). The SMILES string of the molecule is COc1cccc(-c2[nH]c3ccccc3c2[C@H]2c3ccccc3C(=O)N2CCC(=O)Nc2ccccc2)c1. The van der Waals surface area contributed by atoms with E-state index < -0.39 is 0 Å². The van der Waals surface area contributed by atoms with Crippen molar-refractivity contribution in [1.29, 1.82) is 0 Å². The Balaban J connectivity index is 1.43. The Hall–Kier alpha value is -4.84. The lowest BCUT2D eigenvalue weighted by Crippen LogP contribution is -2.32. The molecule has 2 amide bonds. The Morgan fingerprint density at radius 2 is 1.68 bits per heavy atom. The molecular weight excluding hydrogens is 474 g/mol. The van der Waals surface area contributed by atoms with Gasteiger partial charge in [0.15, 0.2) is 0 Å². The summed E-state index contributed by atoms with van der Waals surface area (Å²) in [7, 11) is 1.65. The molecule has 4 aromatic carbocycles. The number of aromatic amines is 1. The van der Waals surface area contributed by atoms with E-state index >= 15 is 0 Å².